The molecule has 0 fully saturated rings. The molecule has 1 aliphatic rings. The lowest BCUT2D eigenvalue weighted by molar-refractivity contribution is 0.476. The molecular formula is C6H7Cl2NO3S. The Hall–Kier alpha value is -0.230. The van der Waals surface area contributed by atoms with Gasteiger partial charge in [0.2, 0.25) is 4.21 Å². The first-order valence-electron chi connectivity index (χ1n) is 3.24. The van der Waals surface area contributed by atoms with Gasteiger partial charge in [0, 0.05) is 5.70 Å². The van der Waals surface area contributed by atoms with E-state index in [1.54, 1.807) is 0 Å². The van der Waals surface area contributed by atoms with E-state index in [-0.39, 0.29) is 5.70 Å². The van der Waals surface area contributed by atoms with Crippen LogP contribution in [0.2, 0.25) is 0 Å². The van der Waals surface area contributed by atoms with Crippen molar-refractivity contribution in [3.8, 4) is 0 Å². The first-order chi connectivity index (χ1) is 5.76. The molecule has 0 saturated carbocycles. The first kappa shape index (κ1) is 10.8. The highest BCUT2D eigenvalue weighted by atomic mass is 35.5. The van der Waals surface area contributed by atoms with Gasteiger partial charge in [-0.2, -0.15) is 8.42 Å². The van der Waals surface area contributed by atoms with Gasteiger partial charge < -0.3 is 5.73 Å². The van der Waals surface area contributed by atoms with E-state index in [9.17, 15) is 8.42 Å². The summed E-state index contributed by atoms with van der Waals surface area (Å²) in [5, 5.41) is -0.589. The average Bonchev–Trinajstić information content (AvgIpc) is 1.95. The predicted octanol–water partition coefficient (Wildman–Crippen LogP) is 0.829. The number of halogens is 2. The number of hydrogen-bond donors (Lipinski definition) is 2. The molecule has 0 aromatic carbocycles. The quantitative estimate of drug-likeness (QED) is 0.406. The lowest BCUT2D eigenvalue weighted by Gasteiger charge is -2.21. The fourth-order valence-corrected chi connectivity index (χ4v) is 1.71. The van der Waals surface area contributed by atoms with Crippen LogP contribution in [0.5, 0.6) is 0 Å². The molecule has 0 saturated heterocycles. The molecule has 0 heterocycles. The fraction of sp³-hybridized carbons (Fsp3) is 0.333. The molecule has 0 bridgehead atoms. The van der Waals surface area contributed by atoms with Gasteiger partial charge in [-0.25, -0.2) is 0 Å². The van der Waals surface area contributed by atoms with Crippen molar-refractivity contribution in [1.29, 1.82) is 0 Å². The van der Waals surface area contributed by atoms with Crippen LogP contribution in [0.15, 0.2) is 23.9 Å². The summed E-state index contributed by atoms with van der Waals surface area (Å²) >= 11 is 11.2. The molecule has 74 valence electrons. The Kier molecular flexibility index (Phi) is 2.64. The SMILES string of the molecule is NC1=CC(Cl)(S(=O)(=O)O)C=CC1Cl. The smallest absolute Gasteiger partial charge is 0.292 e. The lowest BCUT2D eigenvalue weighted by atomic mass is 10.1. The Balaban J connectivity index is 3.18. The van der Waals surface area contributed by atoms with Gasteiger partial charge >= 0.3 is 0 Å². The number of rotatable bonds is 1. The minimum atomic E-state index is -4.42. The van der Waals surface area contributed by atoms with Crippen LogP contribution < -0.4 is 5.73 Å². The highest BCUT2D eigenvalue weighted by molar-refractivity contribution is 7.89. The van der Waals surface area contributed by atoms with Crippen LogP contribution in [0, 0.1) is 0 Å². The van der Waals surface area contributed by atoms with E-state index in [1.165, 1.54) is 6.08 Å². The third-order valence-electron chi connectivity index (χ3n) is 1.57. The Morgan fingerprint density at radius 3 is 2.54 bits per heavy atom. The highest BCUT2D eigenvalue weighted by Crippen LogP contribution is 2.31. The maximum atomic E-state index is 10.8. The second-order valence-electron chi connectivity index (χ2n) is 2.58. The molecule has 4 nitrogen and oxygen atoms in total. The van der Waals surface area contributed by atoms with Gasteiger partial charge in [-0.3, -0.25) is 4.55 Å². The van der Waals surface area contributed by atoms with Crippen LogP contribution in [0.4, 0.5) is 0 Å². The number of nitrogens with two attached hydrogens (primary N) is 1. The zero-order valence-corrected chi connectivity index (χ0v) is 8.64. The topological polar surface area (TPSA) is 80.4 Å². The van der Waals surface area contributed by atoms with Gasteiger partial charge in [-0.15, -0.1) is 11.6 Å². The minimum absolute atomic E-state index is 0.0943. The largest absolute Gasteiger partial charge is 0.401 e. The van der Waals surface area contributed by atoms with E-state index in [4.69, 9.17) is 33.5 Å². The Bertz CT molecular complexity index is 375. The molecule has 1 aliphatic carbocycles. The summed E-state index contributed by atoms with van der Waals surface area (Å²) in [6, 6.07) is 0. The third-order valence-corrected chi connectivity index (χ3v) is 3.83. The van der Waals surface area contributed by atoms with Crippen molar-refractivity contribution < 1.29 is 13.0 Å². The molecule has 2 unspecified atom stereocenters. The summed E-state index contributed by atoms with van der Waals surface area (Å²) in [5.41, 5.74) is 5.46. The van der Waals surface area contributed by atoms with Crippen molar-refractivity contribution in [2.45, 2.75) is 9.58 Å². The van der Waals surface area contributed by atoms with Gasteiger partial charge in [-0.05, 0) is 12.2 Å². The second kappa shape index (κ2) is 3.16. The van der Waals surface area contributed by atoms with E-state index < -0.39 is 19.7 Å². The van der Waals surface area contributed by atoms with Gasteiger partial charge in [0.05, 0.1) is 5.38 Å². The van der Waals surface area contributed by atoms with Crippen molar-refractivity contribution in [3.05, 3.63) is 23.9 Å². The van der Waals surface area contributed by atoms with E-state index in [0.29, 0.717) is 0 Å². The first-order valence-corrected chi connectivity index (χ1v) is 5.49. The van der Waals surface area contributed by atoms with Crippen molar-refractivity contribution in [2.75, 3.05) is 0 Å². The molecule has 0 aromatic heterocycles. The number of hydrogen-bond acceptors (Lipinski definition) is 3. The molecule has 13 heavy (non-hydrogen) atoms. The van der Waals surface area contributed by atoms with Crippen LogP contribution in [0.3, 0.4) is 0 Å². The minimum Gasteiger partial charge on any atom is -0.401 e. The molecular weight excluding hydrogens is 237 g/mol. The molecule has 0 amide bonds. The van der Waals surface area contributed by atoms with E-state index >= 15 is 0 Å². The van der Waals surface area contributed by atoms with Crippen molar-refractivity contribution in [2.24, 2.45) is 5.73 Å². The molecule has 0 spiro atoms. The van der Waals surface area contributed by atoms with Crippen LogP contribution >= 0.6 is 23.2 Å². The standard InChI is InChI=1S/C6H7Cl2NO3S/c7-4-1-2-6(8,3-5(4)9)13(10,11)12/h1-4H,9H2,(H,10,11,12). The number of allylic oxidation sites excluding steroid dienone is 1. The van der Waals surface area contributed by atoms with Crippen LogP contribution in [0.1, 0.15) is 0 Å². The van der Waals surface area contributed by atoms with E-state index in [2.05, 4.69) is 0 Å². The normalized spacial score (nSPS) is 34.4. The predicted molar refractivity (Wildman–Crippen MR) is 51.2 cm³/mol. The van der Waals surface area contributed by atoms with Crippen LogP contribution in [-0.2, 0) is 10.1 Å². The zero-order valence-electron chi connectivity index (χ0n) is 6.31. The average molecular weight is 244 g/mol. The summed E-state index contributed by atoms with van der Waals surface area (Å²) < 4.78 is 28.3. The van der Waals surface area contributed by atoms with Crippen LogP contribution in [0.25, 0.3) is 0 Å². The second-order valence-corrected chi connectivity index (χ2v) is 5.52. The summed E-state index contributed by atoms with van der Waals surface area (Å²) in [4.78, 5) is 0. The summed E-state index contributed by atoms with van der Waals surface area (Å²) in [6.07, 6.45) is 3.39. The van der Waals surface area contributed by atoms with Gasteiger partial charge in [0.25, 0.3) is 10.1 Å². The van der Waals surface area contributed by atoms with Gasteiger partial charge in [0.1, 0.15) is 0 Å². The maximum absolute atomic E-state index is 10.8. The Labute approximate surface area is 85.8 Å². The Morgan fingerprint density at radius 2 is 2.15 bits per heavy atom. The fourth-order valence-electron chi connectivity index (χ4n) is 0.842. The molecule has 1 rings (SSSR count). The molecule has 2 atom stereocenters. The summed E-state index contributed by atoms with van der Waals surface area (Å²) in [6.45, 7) is 0. The zero-order chi connectivity index (χ0) is 10.3. The van der Waals surface area contributed by atoms with Crippen molar-refractivity contribution >= 4 is 33.3 Å². The van der Waals surface area contributed by atoms with E-state index in [1.807, 2.05) is 0 Å². The maximum Gasteiger partial charge on any atom is 0.292 e. The lowest BCUT2D eigenvalue weighted by Crippen LogP contribution is -2.32. The molecule has 0 radical (unpaired) electrons. The third kappa shape index (κ3) is 1.99. The van der Waals surface area contributed by atoms with Crippen molar-refractivity contribution in [1.82, 2.24) is 0 Å². The van der Waals surface area contributed by atoms with Crippen molar-refractivity contribution in [3.63, 3.8) is 0 Å². The number of alkyl halides is 2. The molecule has 0 aliphatic heterocycles. The molecule has 3 N–H and O–H groups in total. The molecule has 7 heteroatoms. The van der Waals surface area contributed by atoms with Gasteiger partial charge in [-0.1, -0.05) is 17.7 Å². The van der Waals surface area contributed by atoms with Gasteiger partial charge in [0.15, 0.2) is 0 Å². The monoisotopic (exact) mass is 243 g/mol. The van der Waals surface area contributed by atoms with E-state index in [0.717, 1.165) is 12.2 Å². The van der Waals surface area contributed by atoms with Crippen LogP contribution in [-0.4, -0.2) is 22.6 Å². The molecule has 0 aromatic rings. The summed E-state index contributed by atoms with van der Waals surface area (Å²) in [5.74, 6) is 0. The Morgan fingerprint density at radius 1 is 1.62 bits per heavy atom. The summed E-state index contributed by atoms with van der Waals surface area (Å²) in [7, 11) is -4.42. The highest BCUT2D eigenvalue weighted by Gasteiger charge is 2.39.